The second kappa shape index (κ2) is 5.40. The van der Waals surface area contributed by atoms with Gasteiger partial charge in [-0.15, -0.1) is 0 Å². The van der Waals surface area contributed by atoms with Gasteiger partial charge in [-0.25, -0.2) is 19.6 Å². The molecule has 1 amide bonds. The molecular weight excluding hydrogens is 274 g/mol. The van der Waals surface area contributed by atoms with Gasteiger partial charge in [-0.3, -0.25) is 0 Å². The van der Waals surface area contributed by atoms with Crippen LogP contribution in [0.4, 0.5) is 4.79 Å². The van der Waals surface area contributed by atoms with E-state index in [1.54, 1.807) is 6.92 Å². The van der Waals surface area contributed by atoms with Crippen molar-refractivity contribution in [2.75, 3.05) is 13.2 Å². The van der Waals surface area contributed by atoms with Crippen molar-refractivity contribution in [3.63, 3.8) is 0 Å². The van der Waals surface area contributed by atoms with Gasteiger partial charge in [0.25, 0.3) is 0 Å². The highest BCUT2D eigenvalue weighted by molar-refractivity contribution is 6.28. The molecule has 0 radical (unpaired) electrons. The fourth-order valence-electron chi connectivity index (χ4n) is 1.92. The number of fused-ring (bicyclic) bond motifs is 1. The zero-order valence-electron chi connectivity index (χ0n) is 10.2. The molecule has 1 aliphatic rings. The summed E-state index contributed by atoms with van der Waals surface area (Å²) in [6.45, 7) is 2.27. The van der Waals surface area contributed by atoms with E-state index in [4.69, 9.17) is 21.4 Å². The molecule has 1 aromatic heterocycles. The van der Waals surface area contributed by atoms with Crippen LogP contribution < -0.4 is 0 Å². The first kappa shape index (κ1) is 13.5. The summed E-state index contributed by atoms with van der Waals surface area (Å²) < 4.78 is 4.89. The SMILES string of the molecule is CCOC(=O)c1nc(Cl)nc2c1CN(C(=O)O)CC2. The number of carboxylic acid groups (broad SMARTS) is 1. The molecule has 0 fully saturated rings. The first-order valence-corrected chi connectivity index (χ1v) is 6.11. The molecule has 2 rings (SSSR count). The molecule has 1 aliphatic heterocycles. The van der Waals surface area contributed by atoms with Gasteiger partial charge in [-0.1, -0.05) is 0 Å². The molecule has 0 bridgehead atoms. The van der Waals surface area contributed by atoms with E-state index in [1.165, 1.54) is 4.90 Å². The fourth-order valence-corrected chi connectivity index (χ4v) is 2.10. The standard InChI is InChI=1S/C11H12ClN3O4/c1-2-19-9(16)8-6-5-15(11(17)18)4-3-7(6)13-10(12)14-8/h2-5H2,1H3,(H,17,18). The van der Waals surface area contributed by atoms with Crippen LogP contribution in [0.1, 0.15) is 28.7 Å². The van der Waals surface area contributed by atoms with Gasteiger partial charge in [-0.2, -0.15) is 0 Å². The minimum Gasteiger partial charge on any atom is -0.465 e. The summed E-state index contributed by atoms with van der Waals surface area (Å²) in [7, 11) is 0. The van der Waals surface area contributed by atoms with Gasteiger partial charge in [0, 0.05) is 18.5 Å². The van der Waals surface area contributed by atoms with Crippen LogP contribution in [0.2, 0.25) is 5.28 Å². The molecule has 7 nitrogen and oxygen atoms in total. The lowest BCUT2D eigenvalue weighted by molar-refractivity contribution is 0.0514. The smallest absolute Gasteiger partial charge is 0.407 e. The molecule has 0 saturated carbocycles. The van der Waals surface area contributed by atoms with Gasteiger partial charge >= 0.3 is 12.1 Å². The van der Waals surface area contributed by atoms with Crippen molar-refractivity contribution in [3.8, 4) is 0 Å². The molecule has 102 valence electrons. The summed E-state index contributed by atoms with van der Waals surface area (Å²) in [6.07, 6.45) is -0.647. The lowest BCUT2D eigenvalue weighted by Gasteiger charge is -2.26. The highest BCUT2D eigenvalue weighted by Gasteiger charge is 2.28. The minimum absolute atomic E-state index is 0.0365. The van der Waals surface area contributed by atoms with E-state index in [0.29, 0.717) is 24.2 Å². The van der Waals surface area contributed by atoms with Crippen LogP contribution in [-0.2, 0) is 17.7 Å². The number of aromatic nitrogens is 2. The number of esters is 1. The number of rotatable bonds is 2. The Balaban J connectivity index is 2.42. The Morgan fingerprint density at radius 2 is 2.21 bits per heavy atom. The van der Waals surface area contributed by atoms with Crippen molar-refractivity contribution >= 4 is 23.7 Å². The number of hydrogen-bond donors (Lipinski definition) is 1. The molecule has 0 aliphatic carbocycles. The van der Waals surface area contributed by atoms with Crippen LogP contribution in [0.3, 0.4) is 0 Å². The molecular formula is C11H12ClN3O4. The van der Waals surface area contributed by atoms with E-state index in [-0.39, 0.29) is 24.1 Å². The second-order valence-corrected chi connectivity index (χ2v) is 4.28. The van der Waals surface area contributed by atoms with Gasteiger partial charge in [0.05, 0.1) is 18.8 Å². The summed E-state index contributed by atoms with van der Waals surface area (Å²) in [5, 5.41) is 8.96. The number of ether oxygens (including phenoxy) is 1. The number of amides is 1. The molecule has 2 heterocycles. The van der Waals surface area contributed by atoms with Gasteiger partial charge in [0.15, 0.2) is 5.69 Å². The third kappa shape index (κ3) is 2.76. The zero-order chi connectivity index (χ0) is 14.0. The van der Waals surface area contributed by atoms with Gasteiger partial charge < -0.3 is 14.7 Å². The van der Waals surface area contributed by atoms with Gasteiger partial charge in [0.2, 0.25) is 5.28 Å². The quantitative estimate of drug-likeness (QED) is 0.651. The number of carbonyl (C=O) groups excluding carboxylic acids is 1. The Kier molecular flexibility index (Phi) is 3.84. The van der Waals surface area contributed by atoms with E-state index < -0.39 is 12.1 Å². The topological polar surface area (TPSA) is 92.6 Å². The minimum atomic E-state index is -1.05. The van der Waals surface area contributed by atoms with E-state index >= 15 is 0 Å². The first-order valence-electron chi connectivity index (χ1n) is 5.73. The monoisotopic (exact) mass is 285 g/mol. The molecule has 0 saturated heterocycles. The van der Waals surface area contributed by atoms with Crippen LogP contribution in [0, 0.1) is 0 Å². The molecule has 0 unspecified atom stereocenters. The van der Waals surface area contributed by atoms with Crippen LogP contribution in [-0.4, -0.2) is 45.2 Å². The maximum absolute atomic E-state index is 11.8. The van der Waals surface area contributed by atoms with Crippen molar-refractivity contribution in [3.05, 3.63) is 22.2 Å². The highest BCUT2D eigenvalue weighted by Crippen LogP contribution is 2.22. The predicted octanol–water partition coefficient (Wildman–Crippen LogP) is 1.34. The number of halogens is 1. The third-order valence-electron chi connectivity index (χ3n) is 2.77. The van der Waals surface area contributed by atoms with Crippen LogP contribution in [0.15, 0.2) is 0 Å². The van der Waals surface area contributed by atoms with Crippen molar-refractivity contribution < 1.29 is 19.4 Å². The van der Waals surface area contributed by atoms with E-state index in [2.05, 4.69) is 9.97 Å². The van der Waals surface area contributed by atoms with E-state index in [0.717, 1.165) is 0 Å². The molecule has 8 heteroatoms. The summed E-state index contributed by atoms with van der Waals surface area (Å²) in [4.78, 5) is 31.9. The Labute approximate surface area is 114 Å². The van der Waals surface area contributed by atoms with Gasteiger partial charge in [0.1, 0.15) is 0 Å². The Morgan fingerprint density at radius 1 is 1.47 bits per heavy atom. The average molecular weight is 286 g/mol. The number of hydrogen-bond acceptors (Lipinski definition) is 5. The molecule has 19 heavy (non-hydrogen) atoms. The van der Waals surface area contributed by atoms with Crippen LogP contribution >= 0.6 is 11.6 Å². The number of carbonyl (C=O) groups is 2. The zero-order valence-corrected chi connectivity index (χ0v) is 11.0. The summed E-state index contributed by atoms with van der Waals surface area (Å²) in [5.41, 5.74) is 1.11. The van der Waals surface area contributed by atoms with Crippen molar-refractivity contribution in [2.45, 2.75) is 19.9 Å². The van der Waals surface area contributed by atoms with Crippen LogP contribution in [0.25, 0.3) is 0 Å². The Hall–Kier alpha value is -1.89. The predicted molar refractivity (Wildman–Crippen MR) is 65.1 cm³/mol. The largest absolute Gasteiger partial charge is 0.465 e. The molecule has 0 spiro atoms. The molecule has 1 N–H and O–H groups in total. The summed E-state index contributed by atoms with van der Waals surface area (Å²) >= 11 is 5.77. The third-order valence-corrected chi connectivity index (χ3v) is 2.94. The fraction of sp³-hybridized carbons (Fsp3) is 0.455. The van der Waals surface area contributed by atoms with Crippen molar-refractivity contribution in [1.82, 2.24) is 14.9 Å². The Bertz CT molecular complexity index is 535. The average Bonchev–Trinajstić information content (AvgIpc) is 2.37. The summed E-state index contributed by atoms with van der Waals surface area (Å²) in [6, 6.07) is 0. The number of nitrogens with zero attached hydrogens (tertiary/aromatic N) is 3. The van der Waals surface area contributed by atoms with Crippen molar-refractivity contribution in [1.29, 1.82) is 0 Å². The van der Waals surface area contributed by atoms with E-state index in [9.17, 15) is 9.59 Å². The Morgan fingerprint density at radius 3 is 2.84 bits per heavy atom. The van der Waals surface area contributed by atoms with Gasteiger partial charge in [-0.05, 0) is 18.5 Å². The molecule has 0 aromatic carbocycles. The maximum Gasteiger partial charge on any atom is 0.407 e. The first-order chi connectivity index (χ1) is 9.02. The van der Waals surface area contributed by atoms with Crippen molar-refractivity contribution in [2.24, 2.45) is 0 Å². The highest BCUT2D eigenvalue weighted by atomic mass is 35.5. The normalized spacial score (nSPS) is 13.9. The second-order valence-electron chi connectivity index (χ2n) is 3.94. The lowest BCUT2D eigenvalue weighted by atomic mass is 10.0. The van der Waals surface area contributed by atoms with Crippen LogP contribution in [0.5, 0.6) is 0 Å². The van der Waals surface area contributed by atoms with E-state index in [1.807, 2.05) is 0 Å². The molecule has 0 atom stereocenters. The maximum atomic E-state index is 11.8. The lowest BCUT2D eigenvalue weighted by Crippen LogP contribution is -2.36. The summed E-state index contributed by atoms with van der Waals surface area (Å²) in [5.74, 6) is -0.615. The molecule has 1 aromatic rings.